The highest BCUT2D eigenvalue weighted by molar-refractivity contribution is 9.10. The Morgan fingerprint density at radius 2 is 2.25 bits per heavy atom. The average molecular weight is 359 g/mol. The molecular weight excluding hydrogens is 342 g/mol. The molecule has 0 spiro atoms. The van der Waals surface area contributed by atoms with E-state index in [0.29, 0.717) is 5.02 Å². The molecule has 6 heteroatoms. The summed E-state index contributed by atoms with van der Waals surface area (Å²) in [5.41, 5.74) is 1.94. The fraction of sp³-hybridized carbons (Fsp3) is 0.357. The largest absolute Gasteiger partial charge is 0.493 e. The second-order valence-corrected chi connectivity index (χ2v) is 5.59. The Hall–Kier alpha value is -1.04. The van der Waals surface area contributed by atoms with Gasteiger partial charge in [-0.3, -0.25) is 4.68 Å². The Kier molecular flexibility index (Phi) is 5.07. The lowest BCUT2D eigenvalue weighted by atomic mass is 10.0. The number of hydrogen-bond donors (Lipinski definition) is 1. The molecule has 1 unspecified atom stereocenters. The predicted molar refractivity (Wildman–Crippen MR) is 84.4 cm³/mol. The second-order valence-electron chi connectivity index (χ2n) is 4.36. The van der Waals surface area contributed by atoms with E-state index >= 15 is 0 Å². The van der Waals surface area contributed by atoms with Gasteiger partial charge in [-0.25, -0.2) is 0 Å². The SMILES string of the molecule is CCNC(c1cccc(Br)c1Cl)c1c(OC)cnn1C. The highest BCUT2D eigenvalue weighted by Gasteiger charge is 2.24. The zero-order valence-electron chi connectivity index (χ0n) is 11.7. The first kappa shape index (κ1) is 15.4. The maximum absolute atomic E-state index is 6.43. The molecule has 0 saturated carbocycles. The molecule has 4 nitrogen and oxygen atoms in total. The van der Waals surface area contributed by atoms with E-state index in [2.05, 4.69) is 33.3 Å². The summed E-state index contributed by atoms with van der Waals surface area (Å²) < 4.78 is 8.09. The molecule has 1 aromatic heterocycles. The van der Waals surface area contributed by atoms with Crippen LogP contribution in [0, 0.1) is 0 Å². The van der Waals surface area contributed by atoms with E-state index in [4.69, 9.17) is 16.3 Å². The number of hydrogen-bond acceptors (Lipinski definition) is 3. The summed E-state index contributed by atoms with van der Waals surface area (Å²) in [6.07, 6.45) is 1.71. The summed E-state index contributed by atoms with van der Waals surface area (Å²) in [6, 6.07) is 5.83. The van der Waals surface area contributed by atoms with Crippen molar-refractivity contribution in [1.82, 2.24) is 15.1 Å². The van der Waals surface area contributed by atoms with E-state index in [1.807, 2.05) is 29.9 Å². The van der Waals surface area contributed by atoms with Crippen molar-refractivity contribution in [2.75, 3.05) is 13.7 Å². The van der Waals surface area contributed by atoms with Crippen molar-refractivity contribution in [2.45, 2.75) is 13.0 Å². The fourth-order valence-corrected chi connectivity index (χ4v) is 2.83. The molecule has 1 aromatic carbocycles. The van der Waals surface area contributed by atoms with Gasteiger partial charge in [0.15, 0.2) is 5.75 Å². The van der Waals surface area contributed by atoms with Gasteiger partial charge in [0.05, 0.1) is 24.4 Å². The first-order chi connectivity index (χ1) is 9.60. The fourth-order valence-electron chi connectivity index (χ4n) is 2.21. The van der Waals surface area contributed by atoms with Crippen molar-refractivity contribution in [3.63, 3.8) is 0 Å². The molecule has 1 atom stereocenters. The number of rotatable bonds is 5. The lowest BCUT2D eigenvalue weighted by Crippen LogP contribution is -2.25. The highest BCUT2D eigenvalue weighted by Crippen LogP contribution is 2.36. The summed E-state index contributed by atoms with van der Waals surface area (Å²) >= 11 is 9.90. The zero-order valence-corrected chi connectivity index (χ0v) is 14.0. The molecule has 1 N–H and O–H groups in total. The monoisotopic (exact) mass is 357 g/mol. The normalized spacial score (nSPS) is 12.4. The Morgan fingerprint density at radius 3 is 2.90 bits per heavy atom. The van der Waals surface area contributed by atoms with Crippen LogP contribution in [0.5, 0.6) is 5.75 Å². The molecule has 0 aliphatic carbocycles. The van der Waals surface area contributed by atoms with Gasteiger partial charge in [0.1, 0.15) is 5.69 Å². The summed E-state index contributed by atoms with van der Waals surface area (Å²) in [7, 11) is 3.54. The van der Waals surface area contributed by atoms with E-state index in [9.17, 15) is 0 Å². The van der Waals surface area contributed by atoms with Crippen LogP contribution < -0.4 is 10.1 Å². The first-order valence-corrected chi connectivity index (χ1v) is 7.50. The minimum Gasteiger partial charge on any atom is -0.493 e. The number of ether oxygens (including phenoxy) is 1. The summed E-state index contributed by atoms with van der Waals surface area (Å²) in [5.74, 6) is 0.745. The quantitative estimate of drug-likeness (QED) is 0.888. The van der Waals surface area contributed by atoms with Crippen LogP contribution in [0.15, 0.2) is 28.9 Å². The summed E-state index contributed by atoms with van der Waals surface area (Å²) in [4.78, 5) is 0. The Labute approximate surface area is 132 Å². The lowest BCUT2D eigenvalue weighted by Gasteiger charge is -2.21. The number of benzene rings is 1. The van der Waals surface area contributed by atoms with Gasteiger partial charge in [-0.05, 0) is 34.1 Å². The summed E-state index contributed by atoms with van der Waals surface area (Å²) in [5, 5.41) is 8.40. The average Bonchev–Trinajstić information content (AvgIpc) is 2.81. The molecule has 0 aliphatic heterocycles. The van der Waals surface area contributed by atoms with Gasteiger partial charge in [-0.15, -0.1) is 0 Å². The van der Waals surface area contributed by atoms with E-state index in [-0.39, 0.29) is 6.04 Å². The lowest BCUT2D eigenvalue weighted by molar-refractivity contribution is 0.401. The zero-order chi connectivity index (χ0) is 14.7. The number of methoxy groups -OCH3 is 1. The van der Waals surface area contributed by atoms with Crippen LogP contribution in [-0.4, -0.2) is 23.4 Å². The van der Waals surface area contributed by atoms with Gasteiger partial charge in [0, 0.05) is 11.5 Å². The van der Waals surface area contributed by atoms with Gasteiger partial charge in [-0.2, -0.15) is 5.10 Å². The van der Waals surface area contributed by atoms with Gasteiger partial charge in [0.25, 0.3) is 0 Å². The number of nitrogens with zero attached hydrogens (tertiary/aromatic N) is 2. The minimum absolute atomic E-state index is 0.0764. The molecular formula is C14H17BrClN3O. The predicted octanol–water partition coefficient (Wildman–Crippen LogP) is 3.54. The van der Waals surface area contributed by atoms with Crippen molar-refractivity contribution in [1.29, 1.82) is 0 Å². The standard InChI is InChI=1S/C14H17BrClN3O/c1-4-17-13(9-6-5-7-10(15)12(9)16)14-11(20-3)8-18-19(14)2/h5-8,13,17H,4H2,1-3H3. The van der Waals surface area contributed by atoms with Gasteiger partial charge < -0.3 is 10.1 Å². The van der Waals surface area contributed by atoms with E-state index in [1.165, 1.54) is 0 Å². The number of halogens is 2. The maximum atomic E-state index is 6.43. The van der Waals surface area contributed by atoms with Crippen LogP contribution in [0.1, 0.15) is 24.2 Å². The number of nitrogens with one attached hydrogen (secondary N) is 1. The smallest absolute Gasteiger partial charge is 0.161 e. The van der Waals surface area contributed by atoms with Crippen molar-refractivity contribution in [3.8, 4) is 5.75 Å². The summed E-state index contributed by atoms with van der Waals surface area (Å²) in [6.45, 7) is 2.86. The Morgan fingerprint density at radius 1 is 1.50 bits per heavy atom. The van der Waals surface area contributed by atoms with Crippen molar-refractivity contribution < 1.29 is 4.74 Å². The number of aryl methyl sites for hydroxylation is 1. The maximum Gasteiger partial charge on any atom is 0.161 e. The molecule has 0 fully saturated rings. The van der Waals surface area contributed by atoms with Crippen LogP contribution in [0.4, 0.5) is 0 Å². The van der Waals surface area contributed by atoms with Crippen LogP contribution in [0.2, 0.25) is 5.02 Å². The molecule has 1 heterocycles. The van der Waals surface area contributed by atoms with E-state index in [1.54, 1.807) is 13.3 Å². The van der Waals surface area contributed by atoms with E-state index in [0.717, 1.165) is 28.0 Å². The molecule has 108 valence electrons. The van der Waals surface area contributed by atoms with E-state index < -0.39 is 0 Å². The molecule has 0 aliphatic rings. The van der Waals surface area contributed by atoms with Crippen molar-refractivity contribution >= 4 is 27.5 Å². The second kappa shape index (κ2) is 6.61. The molecule has 0 bridgehead atoms. The minimum atomic E-state index is -0.0764. The third-order valence-electron chi connectivity index (χ3n) is 3.14. The molecule has 20 heavy (non-hydrogen) atoms. The van der Waals surface area contributed by atoms with Crippen LogP contribution in [0.25, 0.3) is 0 Å². The topological polar surface area (TPSA) is 39.1 Å². The molecule has 2 rings (SSSR count). The van der Waals surface area contributed by atoms with Crippen molar-refractivity contribution in [2.24, 2.45) is 7.05 Å². The molecule has 0 amide bonds. The highest BCUT2D eigenvalue weighted by atomic mass is 79.9. The number of aromatic nitrogens is 2. The van der Waals surface area contributed by atoms with Gasteiger partial charge in [-0.1, -0.05) is 30.7 Å². The third-order valence-corrected chi connectivity index (χ3v) is 4.45. The van der Waals surface area contributed by atoms with Crippen molar-refractivity contribution in [3.05, 3.63) is 45.1 Å². The van der Waals surface area contributed by atoms with Gasteiger partial charge in [0.2, 0.25) is 0 Å². The first-order valence-electron chi connectivity index (χ1n) is 6.33. The molecule has 0 radical (unpaired) electrons. The van der Waals surface area contributed by atoms with Crippen LogP contribution in [0.3, 0.4) is 0 Å². The third kappa shape index (κ3) is 2.85. The Balaban J connectivity index is 2.56. The molecule has 2 aromatic rings. The van der Waals surface area contributed by atoms with Gasteiger partial charge >= 0.3 is 0 Å². The Bertz CT molecular complexity index is 600. The molecule has 0 saturated heterocycles. The van der Waals surface area contributed by atoms with Crippen LogP contribution >= 0.6 is 27.5 Å². The van der Waals surface area contributed by atoms with Crippen LogP contribution in [-0.2, 0) is 7.05 Å².